The van der Waals surface area contributed by atoms with Gasteiger partial charge in [-0.25, -0.2) is 14.5 Å². The lowest BCUT2D eigenvalue weighted by molar-refractivity contribution is 0.0407. The lowest BCUT2D eigenvalue weighted by Gasteiger charge is -2.19. The SMILES string of the molecule is COC(=O)OC1CN(C)C(=O)N1c1cc(C(C)(C)C)no1. The van der Waals surface area contributed by atoms with Crippen molar-refractivity contribution in [3.63, 3.8) is 0 Å². The van der Waals surface area contributed by atoms with Crippen molar-refractivity contribution in [1.82, 2.24) is 10.1 Å². The Kier molecular flexibility index (Phi) is 3.80. The van der Waals surface area contributed by atoms with Gasteiger partial charge in [-0.15, -0.1) is 0 Å². The number of carbonyl (C=O) groups excluding carboxylic acids is 2. The van der Waals surface area contributed by atoms with Crippen LogP contribution in [-0.2, 0) is 14.9 Å². The van der Waals surface area contributed by atoms with Crippen molar-refractivity contribution in [3.8, 4) is 0 Å². The fraction of sp³-hybridized carbons (Fsp3) is 0.615. The zero-order valence-corrected chi connectivity index (χ0v) is 12.7. The summed E-state index contributed by atoms with van der Waals surface area (Å²) in [6.07, 6.45) is -1.67. The Morgan fingerprint density at radius 1 is 1.48 bits per heavy atom. The van der Waals surface area contributed by atoms with Crippen LogP contribution in [0.1, 0.15) is 26.5 Å². The van der Waals surface area contributed by atoms with Crippen LogP contribution in [0.2, 0.25) is 0 Å². The summed E-state index contributed by atoms with van der Waals surface area (Å²) in [4.78, 5) is 26.1. The number of hydrogen-bond donors (Lipinski definition) is 0. The van der Waals surface area contributed by atoms with Gasteiger partial charge >= 0.3 is 12.2 Å². The maximum atomic E-state index is 12.2. The van der Waals surface area contributed by atoms with Gasteiger partial charge in [-0.05, 0) is 0 Å². The molecule has 2 amide bonds. The summed E-state index contributed by atoms with van der Waals surface area (Å²) in [5.41, 5.74) is 0.492. The number of amides is 2. The Balaban J connectivity index is 2.27. The molecule has 0 radical (unpaired) electrons. The van der Waals surface area contributed by atoms with Crippen LogP contribution in [-0.4, -0.2) is 49.2 Å². The van der Waals surface area contributed by atoms with Gasteiger partial charge in [-0.2, -0.15) is 0 Å². The number of hydrogen-bond acceptors (Lipinski definition) is 6. The molecule has 21 heavy (non-hydrogen) atoms. The number of urea groups is 1. The Morgan fingerprint density at radius 3 is 2.67 bits per heavy atom. The third-order valence-corrected chi connectivity index (χ3v) is 3.15. The molecule has 1 unspecified atom stereocenters. The largest absolute Gasteiger partial charge is 0.510 e. The molecule has 2 rings (SSSR count). The second kappa shape index (κ2) is 5.27. The molecule has 116 valence electrons. The van der Waals surface area contributed by atoms with Crippen LogP contribution in [0.4, 0.5) is 15.5 Å². The lowest BCUT2D eigenvalue weighted by atomic mass is 9.92. The van der Waals surface area contributed by atoms with Gasteiger partial charge in [-0.1, -0.05) is 25.9 Å². The molecule has 0 bridgehead atoms. The normalized spacial score (nSPS) is 19.1. The second-order valence-corrected chi connectivity index (χ2v) is 5.86. The topological polar surface area (TPSA) is 85.1 Å². The highest BCUT2D eigenvalue weighted by atomic mass is 16.7. The minimum absolute atomic E-state index is 0.213. The molecular formula is C13H19N3O5. The van der Waals surface area contributed by atoms with Crippen molar-refractivity contribution < 1.29 is 23.6 Å². The average Bonchev–Trinajstić information content (AvgIpc) is 2.96. The van der Waals surface area contributed by atoms with Gasteiger partial charge in [0.25, 0.3) is 0 Å². The van der Waals surface area contributed by atoms with Crippen molar-refractivity contribution in [3.05, 3.63) is 11.8 Å². The molecule has 1 aliphatic rings. The van der Waals surface area contributed by atoms with E-state index in [9.17, 15) is 9.59 Å². The van der Waals surface area contributed by atoms with Crippen molar-refractivity contribution in [2.75, 3.05) is 25.6 Å². The molecular weight excluding hydrogens is 278 g/mol. The predicted molar refractivity (Wildman–Crippen MR) is 73.0 cm³/mol. The Morgan fingerprint density at radius 2 is 2.14 bits per heavy atom. The minimum Gasteiger partial charge on any atom is -0.438 e. The molecule has 8 heteroatoms. The Labute approximate surface area is 122 Å². The Bertz CT molecular complexity index is 548. The van der Waals surface area contributed by atoms with E-state index in [-0.39, 0.29) is 23.9 Å². The van der Waals surface area contributed by atoms with Crippen molar-refractivity contribution in [2.24, 2.45) is 0 Å². The highest BCUT2D eigenvalue weighted by Crippen LogP contribution is 2.30. The van der Waals surface area contributed by atoms with Gasteiger partial charge in [0.15, 0.2) is 0 Å². The molecule has 8 nitrogen and oxygen atoms in total. The molecule has 1 aromatic heterocycles. The van der Waals surface area contributed by atoms with Crippen molar-refractivity contribution in [1.29, 1.82) is 0 Å². The van der Waals surface area contributed by atoms with E-state index in [0.29, 0.717) is 5.69 Å². The number of rotatable bonds is 2. The van der Waals surface area contributed by atoms with E-state index >= 15 is 0 Å². The van der Waals surface area contributed by atoms with E-state index in [1.807, 2.05) is 20.8 Å². The summed E-state index contributed by atoms with van der Waals surface area (Å²) in [6, 6.07) is 1.34. The standard InChI is InChI=1S/C13H19N3O5/c1-13(2,3)8-6-9(21-14-8)16-10(20-12(18)19-5)7-15(4)11(16)17/h6,10H,7H2,1-5H3. The van der Waals surface area contributed by atoms with Crippen LogP contribution in [0.3, 0.4) is 0 Å². The molecule has 1 atom stereocenters. The molecule has 2 heterocycles. The minimum atomic E-state index is -0.858. The molecule has 0 aromatic carbocycles. The monoisotopic (exact) mass is 297 g/mol. The van der Waals surface area contributed by atoms with Gasteiger partial charge in [0.05, 0.1) is 19.3 Å². The van der Waals surface area contributed by atoms with E-state index in [4.69, 9.17) is 9.26 Å². The number of ether oxygens (including phenoxy) is 2. The number of aromatic nitrogens is 1. The molecule has 0 aliphatic carbocycles. The maximum absolute atomic E-state index is 12.2. The number of likely N-dealkylation sites (N-methyl/N-ethyl adjacent to an activating group) is 1. The van der Waals surface area contributed by atoms with Crippen LogP contribution in [0.25, 0.3) is 0 Å². The van der Waals surface area contributed by atoms with Crippen LogP contribution in [0.5, 0.6) is 0 Å². The molecule has 0 saturated carbocycles. The molecule has 0 spiro atoms. The molecule has 1 aromatic rings. The molecule has 1 fully saturated rings. The van der Waals surface area contributed by atoms with Crippen molar-refractivity contribution in [2.45, 2.75) is 32.4 Å². The quantitative estimate of drug-likeness (QED) is 0.776. The van der Waals surface area contributed by atoms with Crippen LogP contribution >= 0.6 is 0 Å². The van der Waals surface area contributed by atoms with E-state index in [1.165, 1.54) is 16.9 Å². The van der Waals surface area contributed by atoms with Gasteiger partial charge < -0.3 is 18.9 Å². The highest BCUT2D eigenvalue weighted by Gasteiger charge is 2.41. The van der Waals surface area contributed by atoms with E-state index < -0.39 is 12.4 Å². The molecule has 0 N–H and O–H groups in total. The van der Waals surface area contributed by atoms with Gasteiger partial charge in [0.2, 0.25) is 12.1 Å². The fourth-order valence-corrected chi connectivity index (χ4v) is 1.92. The van der Waals surface area contributed by atoms with Gasteiger partial charge in [0.1, 0.15) is 0 Å². The van der Waals surface area contributed by atoms with E-state index in [1.54, 1.807) is 13.1 Å². The second-order valence-electron chi connectivity index (χ2n) is 5.86. The van der Waals surface area contributed by atoms with Crippen LogP contribution in [0.15, 0.2) is 10.6 Å². The summed E-state index contributed by atoms with van der Waals surface area (Å²) < 4.78 is 14.8. The van der Waals surface area contributed by atoms with Gasteiger partial charge in [0, 0.05) is 18.5 Å². The lowest BCUT2D eigenvalue weighted by Crippen LogP contribution is -2.37. The first-order valence-corrected chi connectivity index (χ1v) is 6.50. The summed E-state index contributed by atoms with van der Waals surface area (Å²) >= 11 is 0. The predicted octanol–water partition coefficient (Wildman–Crippen LogP) is 1.95. The number of anilines is 1. The van der Waals surface area contributed by atoms with Crippen LogP contribution in [0, 0.1) is 0 Å². The number of carbonyl (C=O) groups is 2. The van der Waals surface area contributed by atoms with Gasteiger partial charge in [-0.3, -0.25) is 0 Å². The van der Waals surface area contributed by atoms with Crippen LogP contribution < -0.4 is 4.90 Å². The van der Waals surface area contributed by atoms with E-state index in [0.717, 1.165) is 0 Å². The third-order valence-electron chi connectivity index (χ3n) is 3.15. The number of methoxy groups -OCH3 is 1. The summed E-state index contributed by atoms with van der Waals surface area (Å²) in [5.74, 6) is 0.239. The first-order chi connectivity index (χ1) is 9.74. The summed E-state index contributed by atoms with van der Waals surface area (Å²) in [7, 11) is 2.82. The molecule has 1 saturated heterocycles. The zero-order chi connectivity index (χ0) is 15.8. The first kappa shape index (κ1) is 15.1. The molecule has 1 aliphatic heterocycles. The maximum Gasteiger partial charge on any atom is 0.510 e. The summed E-state index contributed by atoms with van der Waals surface area (Å²) in [5, 5.41) is 3.97. The summed E-state index contributed by atoms with van der Waals surface area (Å²) in [6.45, 7) is 6.17. The van der Waals surface area contributed by atoms with E-state index in [2.05, 4.69) is 9.89 Å². The van der Waals surface area contributed by atoms with Crippen molar-refractivity contribution >= 4 is 18.1 Å². The average molecular weight is 297 g/mol. The first-order valence-electron chi connectivity index (χ1n) is 6.50. The highest BCUT2D eigenvalue weighted by molar-refractivity contribution is 5.93. The third kappa shape index (κ3) is 2.93. The number of nitrogens with zero attached hydrogens (tertiary/aromatic N) is 3. The smallest absolute Gasteiger partial charge is 0.438 e. The zero-order valence-electron chi connectivity index (χ0n) is 12.7. The fourth-order valence-electron chi connectivity index (χ4n) is 1.92. The Hall–Kier alpha value is -2.25.